The Kier molecular flexibility index (Phi) is 12.4. The van der Waals surface area contributed by atoms with Crippen LogP contribution in [0.5, 0.6) is 23.0 Å². The molecular weight excluding hydrogens is 532 g/mol. The van der Waals surface area contributed by atoms with Gasteiger partial charge in [0, 0.05) is 18.6 Å². The summed E-state index contributed by atoms with van der Waals surface area (Å²) in [5, 5.41) is 8.19. The number of methoxy groups -OCH3 is 4. The second-order valence-corrected chi connectivity index (χ2v) is 6.73. The molecule has 0 spiro atoms. The molecule has 39 heavy (non-hydrogen) atoms. The van der Waals surface area contributed by atoms with Gasteiger partial charge in [-0.25, -0.2) is 29.0 Å². The molecule has 0 amide bonds. The largest absolute Gasteiger partial charge is 0.543 e. The van der Waals surface area contributed by atoms with Crippen molar-refractivity contribution in [3.05, 3.63) is 47.5 Å². The first kappa shape index (κ1) is 30.3. The Morgan fingerprint density at radius 2 is 0.974 bits per heavy atom. The third-order valence-electron chi connectivity index (χ3n) is 4.41. The lowest BCUT2D eigenvalue weighted by atomic mass is 10.2. The van der Waals surface area contributed by atoms with Crippen molar-refractivity contribution >= 4 is 24.2 Å². The van der Waals surface area contributed by atoms with E-state index in [2.05, 4.69) is 39.1 Å². The molecule has 0 saturated heterocycles. The molecule has 0 aromatic heterocycles. The minimum Gasteiger partial charge on any atom is -0.497 e. The topological polar surface area (TPSA) is 179 Å². The molecule has 2 aromatic rings. The van der Waals surface area contributed by atoms with Gasteiger partial charge in [-0.15, -0.1) is 0 Å². The predicted molar refractivity (Wildman–Crippen MR) is 122 cm³/mol. The highest BCUT2D eigenvalue weighted by molar-refractivity contribution is 5.93. The van der Waals surface area contributed by atoms with Gasteiger partial charge in [-0.3, -0.25) is 9.78 Å². The highest BCUT2D eigenvalue weighted by Gasteiger charge is 2.19. The normalized spacial score (nSPS) is 9.95. The van der Waals surface area contributed by atoms with Gasteiger partial charge in [-0.2, -0.15) is 0 Å². The molecule has 2 aromatic carbocycles. The van der Waals surface area contributed by atoms with Gasteiger partial charge >= 0.3 is 24.2 Å². The predicted octanol–water partition coefficient (Wildman–Crippen LogP) is 3.12. The molecule has 2 rings (SSSR count). The number of carbonyl (C=O) groups excluding carboxylic acids is 4. The van der Waals surface area contributed by atoms with E-state index in [4.69, 9.17) is 18.9 Å². The van der Waals surface area contributed by atoms with Crippen LogP contribution in [0, 0.1) is 0 Å². The van der Waals surface area contributed by atoms with Crippen molar-refractivity contribution in [2.24, 2.45) is 0 Å². The number of hydrogen-bond acceptors (Lipinski definition) is 16. The number of hydrogen-bond donors (Lipinski definition) is 0. The number of carbonyl (C=O) groups is 4. The van der Waals surface area contributed by atoms with E-state index < -0.39 is 24.2 Å². The van der Waals surface area contributed by atoms with Gasteiger partial charge in [0.25, 0.3) is 0 Å². The van der Waals surface area contributed by atoms with E-state index in [9.17, 15) is 19.2 Å². The molecule has 0 radical (unpaired) electrons. The third kappa shape index (κ3) is 9.78. The Morgan fingerprint density at radius 3 is 1.33 bits per heavy atom. The zero-order valence-electron chi connectivity index (χ0n) is 21.1. The van der Waals surface area contributed by atoms with Gasteiger partial charge in [0.15, 0.2) is 0 Å². The molecule has 0 fully saturated rings. The lowest BCUT2D eigenvalue weighted by Crippen LogP contribution is -2.15. The number of rotatable bonds is 14. The van der Waals surface area contributed by atoms with E-state index >= 15 is 0 Å². The lowest BCUT2D eigenvalue weighted by molar-refractivity contribution is -0.452. The van der Waals surface area contributed by atoms with Crippen molar-refractivity contribution in [2.75, 3.05) is 41.7 Å². The van der Waals surface area contributed by atoms with E-state index in [0.29, 0.717) is 11.5 Å². The fourth-order valence-corrected chi connectivity index (χ4v) is 2.59. The fourth-order valence-electron chi connectivity index (χ4n) is 2.59. The van der Waals surface area contributed by atoms with Crippen molar-refractivity contribution < 1.29 is 77.2 Å². The maximum absolute atomic E-state index is 12.0. The van der Waals surface area contributed by atoms with Gasteiger partial charge in [0.05, 0.1) is 51.7 Å². The molecule has 0 heterocycles. The van der Waals surface area contributed by atoms with Crippen molar-refractivity contribution in [1.29, 1.82) is 0 Å². The second kappa shape index (κ2) is 16.0. The molecule has 0 bridgehead atoms. The summed E-state index contributed by atoms with van der Waals surface area (Å²) in [6.45, 7) is -0.578. The molecule has 16 heteroatoms. The van der Waals surface area contributed by atoms with Gasteiger partial charge < -0.3 is 28.4 Å². The maximum Gasteiger partial charge on any atom is 0.543 e. The standard InChI is InChI=1S/C23H24O16/c1-28-14-6-8-16(18(12-14)30-3)20(24)34-38-36-22(26)32-10-5-11-33-23(27)37-39-35-21(25)17-9-7-15(29-2)13-19(17)31-4/h6-9,12-13H,5,10-11H2,1-4H3. The number of ether oxygens (including phenoxy) is 6. The fraction of sp³-hybridized carbons (Fsp3) is 0.304. The van der Waals surface area contributed by atoms with E-state index in [1.165, 1.54) is 64.8 Å². The second-order valence-electron chi connectivity index (χ2n) is 6.73. The summed E-state index contributed by atoms with van der Waals surface area (Å²) in [5.41, 5.74) is -0.0583. The summed E-state index contributed by atoms with van der Waals surface area (Å²) in [6, 6.07) is 8.51. The van der Waals surface area contributed by atoms with Crippen LogP contribution in [0.15, 0.2) is 36.4 Å². The van der Waals surface area contributed by atoms with Gasteiger partial charge in [0.1, 0.15) is 34.1 Å². The molecule has 0 atom stereocenters. The minimum atomic E-state index is -1.35. The maximum atomic E-state index is 12.0. The summed E-state index contributed by atoms with van der Waals surface area (Å²) < 4.78 is 29.3. The zero-order valence-corrected chi connectivity index (χ0v) is 21.1. The summed E-state index contributed by atoms with van der Waals surface area (Å²) in [4.78, 5) is 63.9. The van der Waals surface area contributed by atoms with E-state index in [0.717, 1.165) is 0 Å². The van der Waals surface area contributed by atoms with Crippen LogP contribution in [-0.2, 0) is 39.1 Å². The highest BCUT2D eigenvalue weighted by Crippen LogP contribution is 2.26. The Bertz CT molecular complexity index is 1040. The van der Waals surface area contributed by atoms with E-state index in [1.807, 2.05) is 0 Å². The lowest BCUT2D eigenvalue weighted by Gasteiger charge is -2.09. The van der Waals surface area contributed by atoms with Crippen LogP contribution in [0.4, 0.5) is 9.59 Å². The van der Waals surface area contributed by atoms with Crippen LogP contribution in [0.2, 0.25) is 0 Å². The van der Waals surface area contributed by atoms with Crippen molar-refractivity contribution in [3.63, 3.8) is 0 Å². The van der Waals surface area contributed by atoms with Crippen LogP contribution in [-0.4, -0.2) is 65.9 Å². The average Bonchev–Trinajstić information content (AvgIpc) is 2.95. The summed E-state index contributed by atoms with van der Waals surface area (Å²) in [5.74, 6) is -0.920. The van der Waals surface area contributed by atoms with Crippen LogP contribution in [0.25, 0.3) is 0 Å². The Morgan fingerprint density at radius 1 is 0.564 bits per heavy atom. The van der Waals surface area contributed by atoms with Crippen molar-refractivity contribution in [3.8, 4) is 23.0 Å². The molecule has 0 aliphatic rings. The molecule has 0 saturated carbocycles. The van der Waals surface area contributed by atoms with Crippen LogP contribution >= 0.6 is 0 Å². The molecule has 212 valence electrons. The van der Waals surface area contributed by atoms with E-state index in [-0.39, 0.29) is 42.3 Å². The molecule has 0 aliphatic heterocycles. The van der Waals surface area contributed by atoms with Crippen molar-refractivity contribution in [2.45, 2.75) is 6.42 Å². The van der Waals surface area contributed by atoms with Crippen LogP contribution in [0.3, 0.4) is 0 Å². The van der Waals surface area contributed by atoms with Gasteiger partial charge in [0.2, 0.25) is 0 Å². The molecule has 0 N–H and O–H groups in total. The monoisotopic (exact) mass is 556 g/mol. The van der Waals surface area contributed by atoms with Crippen molar-refractivity contribution in [1.82, 2.24) is 0 Å². The van der Waals surface area contributed by atoms with Crippen LogP contribution < -0.4 is 18.9 Å². The van der Waals surface area contributed by atoms with Crippen LogP contribution in [0.1, 0.15) is 27.1 Å². The minimum absolute atomic E-state index is 0.00410. The quantitative estimate of drug-likeness (QED) is 0.143. The Hall–Kier alpha value is -4.96. The van der Waals surface area contributed by atoms with E-state index in [1.54, 1.807) is 0 Å². The third-order valence-corrected chi connectivity index (χ3v) is 4.41. The highest BCUT2D eigenvalue weighted by atomic mass is 17.5. The first-order chi connectivity index (χ1) is 18.8. The first-order valence-electron chi connectivity index (χ1n) is 10.7. The SMILES string of the molecule is COc1ccc(C(=O)OOOC(=O)OCCCOC(=O)OOOC(=O)c2ccc(OC)cc2OC)c(OC)c1. The molecule has 16 nitrogen and oxygen atoms in total. The van der Waals surface area contributed by atoms with Gasteiger partial charge in [-0.05, 0) is 24.3 Å². The average molecular weight is 556 g/mol. The molecular formula is C23H24O16. The Balaban J connectivity index is 1.57. The smallest absolute Gasteiger partial charge is 0.497 e. The summed E-state index contributed by atoms with van der Waals surface area (Å²) in [7, 11) is 5.52. The summed E-state index contributed by atoms with van der Waals surface area (Å²) >= 11 is 0. The Labute approximate surface area is 220 Å². The zero-order chi connectivity index (χ0) is 28.6. The number of benzene rings is 2. The van der Waals surface area contributed by atoms with Gasteiger partial charge in [-0.1, -0.05) is 0 Å². The molecule has 0 unspecified atom stereocenters. The first-order valence-corrected chi connectivity index (χ1v) is 10.7. The summed E-state index contributed by atoms with van der Waals surface area (Å²) in [6.07, 6.45) is -2.71. The molecule has 0 aliphatic carbocycles.